The molecule has 1 fully saturated rings. The average molecular weight is 262 g/mol. The first kappa shape index (κ1) is 14.4. The Balaban J connectivity index is 2.20. The Bertz CT molecular complexity index is 439. The van der Waals surface area contributed by atoms with Gasteiger partial charge >= 0.3 is 0 Å². The van der Waals surface area contributed by atoms with Crippen LogP contribution in [0, 0.1) is 13.8 Å². The zero-order valence-electron chi connectivity index (χ0n) is 12.8. The number of hydrogen-bond acceptors (Lipinski definition) is 2. The van der Waals surface area contributed by atoms with Crippen molar-refractivity contribution < 1.29 is 9.47 Å². The van der Waals surface area contributed by atoms with E-state index in [-0.39, 0.29) is 0 Å². The van der Waals surface area contributed by atoms with Gasteiger partial charge in [-0.25, -0.2) is 0 Å². The van der Waals surface area contributed by atoms with Gasteiger partial charge < -0.3 is 9.47 Å². The minimum absolute atomic E-state index is 0.457. The number of epoxide rings is 1. The third kappa shape index (κ3) is 3.11. The summed E-state index contributed by atoms with van der Waals surface area (Å²) in [7, 11) is 0. The van der Waals surface area contributed by atoms with Gasteiger partial charge in [-0.2, -0.15) is 0 Å². The van der Waals surface area contributed by atoms with Crippen LogP contribution in [0.1, 0.15) is 56.2 Å². The van der Waals surface area contributed by atoms with E-state index in [0.29, 0.717) is 18.1 Å². The monoisotopic (exact) mass is 262 g/mol. The second-order valence-corrected chi connectivity index (χ2v) is 5.56. The van der Waals surface area contributed by atoms with Gasteiger partial charge in [0.05, 0.1) is 18.8 Å². The first-order valence-electron chi connectivity index (χ1n) is 7.46. The van der Waals surface area contributed by atoms with Crippen LogP contribution < -0.4 is 4.74 Å². The Hall–Kier alpha value is -1.02. The van der Waals surface area contributed by atoms with Crippen molar-refractivity contribution in [2.45, 2.75) is 65.6 Å². The van der Waals surface area contributed by atoms with Crippen molar-refractivity contribution >= 4 is 0 Å². The highest BCUT2D eigenvalue weighted by molar-refractivity contribution is 5.45. The van der Waals surface area contributed by atoms with Crippen LogP contribution in [0.15, 0.2) is 12.1 Å². The highest BCUT2D eigenvalue weighted by atomic mass is 16.6. The zero-order chi connectivity index (χ0) is 14.0. The van der Waals surface area contributed by atoms with Gasteiger partial charge in [0.25, 0.3) is 0 Å². The lowest BCUT2D eigenvalue weighted by molar-refractivity contribution is 0.337. The standard InChI is InChI=1S/C17H26O2/c1-6-14(10-17-13(5)19-17)15-8-9-16(18-7-2)12(4)11(15)3/h8-9,13-14,17H,6-7,10H2,1-5H3. The first-order valence-corrected chi connectivity index (χ1v) is 7.46. The summed E-state index contributed by atoms with van der Waals surface area (Å²) in [6.45, 7) is 11.6. The molecule has 2 rings (SSSR count). The maximum atomic E-state index is 5.67. The van der Waals surface area contributed by atoms with E-state index in [1.165, 1.54) is 23.1 Å². The summed E-state index contributed by atoms with van der Waals surface area (Å²) in [6, 6.07) is 4.37. The Kier molecular flexibility index (Phi) is 4.51. The summed E-state index contributed by atoms with van der Waals surface area (Å²) < 4.78 is 11.2. The summed E-state index contributed by atoms with van der Waals surface area (Å²) in [5, 5.41) is 0. The molecular weight excluding hydrogens is 236 g/mol. The lowest BCUT2D eigenvalue weighted by Crippen LogP contribution is -2.07. The second-order valence-electron chi connectivity index (χ2n) is 5.56. The molecular formula is C17H26O2. The van der Waals surface area contributed by atoms with Crippen molar-refractivity contribution in [3.05, 3.63) is 28.8 Å². The van der Waals surface area contributed by atoms with E-state index in [4.69, 9.17) is 9.47 Å². The fourth-order valence-corrected chi connectivity index (χ4v) is 2.84. The van der Waals surface area contributed by atoms with Crippen LogP contribution in [0.2, 0.25) is 0 Å². The topological polar surface area (TPSA) is 21.8 Å². The minimum Gasteiger partial charge on any atom is -0.494 e. The van der Waals surface area contributed by atoms with Crippen LogP contribution in [0.3, 0.4) is 0 Å². The summed E-state index contributed by atoms with van der Waals surface area (Å²) in [6.07, 6.45) is 3.24. The molecule has 0 aliphatic carbocycles. The molecule has 0 N–H and O–H groups in total. The summed E-state index contributed by atoms with van der Waals surface area (Å²) in [5.41, 5.74) is 4.12. The van der Waals surface area contributed by atoms with Gasteiger partial charge in [-0.3, -0.25) is 0 Å². The van der Waals surface area contributed by atoms with Crippen molar-refractivity contribution in [3.63, 3.8) is 0 Å². The molecule has 2 heteroatoms. The van der Waals surface area contributed by atoms with E-state index in [9.17, 15) is 0 Å². The Morgan fingerprint density at radius 2 is 1.89 bits per heavy atom. The molecule has 1 saturated heterocycles. The molecule has 0 aromatic heterocycles. The molecule has 19 heavy (non-hydrogen) atoms. The van der Waals surface area contributed by atoms with Gasteiger partial charge in [-0.15, -0.1) is 0 Å². The van der Waals surface area contributed by atoms with Crippen LogP contribution in [0.5, 0.6) is 5.75 Å². The predicted octanol–water partition coefficient (Wildman–Crippen LogP) is 4.37. The number of ether oxygens (including phenoxy) is 2. The molecule has 0 radical (unpaired) electrons. The van der Waals surface area contributed by atoms with Crippen LogP contribution in [0.4, 0.5) is 0 Å². The Morgan fingerprint density at radius 3 is 2.42 bits per heavy atom. The van der Waals surface area contributed by atoms with Crippen molar-refractivity contribution in [2.75, 3.05) is 6.61 Å². The van der Waals surface area contributed by atoms with Crippen LogP contribution in [0.25, 0.3) is 0 Å². The quantitative estimate of drug-likeness (QED) is 0.710. The van der Waals surface area contributed by atoms with Crippen LogP contribution >= 0.6 is 0 Å². The number of rotatable bonds is 6. The number of hydrogen-bond donors (Lipinski definition) is 0. The molecule has 0 spiro atoms. The fraction of sp³-hybridized carbons (Fsp3) is 0.647. The van der Waals surface area contributed by atoms with Gasteiger partial charge in [-0.05, 0) is 69.2 Å². The van der Waals surface area contributed by atoms with E-state index < -0.39 is 0 Å². The van der Waals surface area contributed by atoms with E-state index in [1.807, 2.05) is 6.92 Å². The second kappa shape index (κ2) is 5.96. The molecule has 1 heterocycles. The fourth-order valence-electron chi connectivity index (χ4n) is 2.84. The minimum atomic E-state index is 0.457. The molecule has 3 unspecified atom stereocenters. The highest BCUT2D eigenvalue weighted by Gasteiger charge is 2.36. The van der Waals surface area contributed by atoms with E-state index in [2.05, 4.69) is 39.8 Å². The summed E-state index contributed by atoms with van der Waals surface area (Å²) in [5.74, 6) is 1.62. The zero-order valence-corrected chi connectivity index (χ0v) is 12.8. The third-order valence-corrected chi connectivity index (χ3v) is 4.37. The molecule has 1 aromatic carbocycles. The van der Waals surface area contributed by atoms with Crippen LogP contribution in [-0.2, 0) is 4.74 Å². The van der Waals surface area contributed by atoms with Crippen molar-refractivity contribution in [1.29, 1.82) is 0 Å². The molecule has 106 valence electrons. The van der Waals surface area contributed by atoms with Gasteiger partial charge in [0.15, 0.2) is 0 Å². The molecule has 1 aliphatic rings. The van der Waals surface area contributed by atoms with Crippen LogP contribution in [-0.4, -0.2) is 18.8 Å². The molecule has 0 saturated carbocycles. The van der Waals surface area contributed by atoms with Crippen molar-refractivity contribution in [2.24, 2.45) is 0 Å². The Labute approximate surface area is 117 Å². The largest absolute Gasteiger partial charge is 0.494 e. The molecule has 3 atom stereocenters. The molecule has 1 aromatic rings. The smallest absolute Gasteiger partial charge is 0.122 e. The predicted molar refractivity (Wildman–Crippen MR) is 79.1 cm³/mol. The highest BCUT2D eigenvalue weighted by Crippen LogP contribution is 2.37. The van der Waals surface area contributed by atoms with Gasteiger partial charge in [0.2, 0.25) is 0 Å². The summed E-state index contributed by atoms with van der Waals surface area (Å²) >= 11 is 0. The van der Waals surface area contributed by atoms with Crippen molar-refractivity contribution in [3.8, 4) is 5.75 Å². The molecule has 0 amide bonds. The maximum Gasteiger partial charge on any atom is 0.122 e. The van der Waals surface area contributed by atoms with Gasteiger partial charge in [-0.1, -0.05) is 13.0 Å². The maximum absolute atomic E-state index is 5.67. The average Bonchev–Trinajstić information content (AvgIpc) is 3.09. The van der Waals surface area contributed by atoms with E-state index in [1.54, 1.807) is 0 Å². The lowest BCUT2D eigenvalue weighted by atomic mass is 9.86. The van der Waals surface area contributed by atoms with Crippen molar-refractivity contribution in [1.82, 2.24) is 0 Å². The third-order valence-electron chi connectivity index (χ3n) is 4.37. The number of benzene rings is 1. The normalized spacial score (nSPS) is 23.2. The van der Waals surface area contributed by atoms with Gasteiger partial charge in [0.1, 0.15) is 5.75 Å². The molecule has 1 aliphatic heterocycles. The molecule has 0 bridgehead atoms. The lowest BCUT2D eigenvalue weighted by Gasteiger charge is -2.20. The molecule has 2 nitrogen and oxygen atoms in total. The van der Waals surface area contributed by atoms with E-state index in [0.717, 1.165) is 18.8 Å². The SMILES string of the molecule is CCOc1ccc(C(CC)CC2OC2C)c(C)c1C. The first-order chi connectivity index (χ1) is 9.08. The Morgan fingerprint density at radius 1 is 1.21 bits per heavy atom. The summed E-state index contributed by atoms with van der Waals surface area (Å²) in [4.78, 5) is 0. The van der Waals surface area contributed by atoms with Gasteiger partial charge in [0, 0.05) is 0 Å². The van der Waals surface area contributed by atoms with E-state index >= 15 is 0 Å².